The maximum absolute atomic E-state index is 13.5. The number of sulfonamides is 1. The molecule has 1 fully saturated rings. The fourth-order valence-corrected chi connectivity index (χ4v) is 6.07. The van der Waals surface area contributed by atoms with Crippen LogP contribution in [-0.4, -0.2) is 68.7 Å². The number of fused-ring (bicyclic) bond motifs is 1. The van der Waals surface area contributed by atoms with Gasteiger partial charge in [-0.3, -0.25) is 9.69 Å². The molecule has 0 saturated carbocycles. The molecule has 31 heavy (non-hydrogen) atoms. The second kappa shape index (κ2) is 10.2. The summed E-state index contributed by atoms with van der Waals surface area (Å²) in [6, 6.07) is 8.49. The molecule has 10 heteroatoms. The second-order valence-corrected chi connectivity index (χ2v) is 10.6. The number of anilines is 1. The van der Waals surface area contributed by atoms with Crippen LogP contribution in [0, 0.1) is 0 Å². The van der Waals surface area contributed by atoms with Crippen molar-refractivity contribution in [3.05, 3.63) is 42.4 Å². The molecule has 0 atom stereocenters. The van der Waals surface area contributed by atoms with Gasteiger partial charge in [0.2, 0.25) is 15.9 Å². The third-order valence-electron chi connectivity index (χ3n) is 5.35. The molecule has 0 spiro atoms. The van der Waals surface area contributed by atoms with Crippen LogP contribution in [0.25, 0.3) is 0 Å². The number of carbonyl (C=O) groups is 1. The molecule has 1 N–H and O–H groups in total. The van der Waals surface area contributed by atoms with Gasteiger partial charge in [0.15, 0.2) is 0 Å². The van der Waals surface area contributed by atoms with E-state index in [0.29, 0.717) is 49.8 Å². The lowest BCUT2D eigenvalue weighted by atomic mass is 10.3. The first-order chi connectivity index (χ1) is 15.0. The zero-order valence-electron chi connectivity index (χ0n) is 17.3. The molecule has 0 bridgehead atoms. The van der Waals surface area contributed by atoms with Crippen LogP contribution in [0.4, 0.5) is 5.69 Å². The number of amides is 1. The Kier molecular flexibility index (Phi) is 7.34. The quantitative estimate of drug-likeness (QED) is 0.641. The molecule has 1 aromatic heterocycles. The highest BCUT2D eigenvalue weighted by atomic mass is 32.2. The molecule has 8 nitrogen and oxygen atoms in total. The average molecular weight is 466 g/mol. The van der Waals surface area contributed by atoms with Gasteiger partial charge in [-0.05, 0) is 43.3 Å². The third kappa shape index (κ3) is 5.69. The molecule has 2 aromatic rings. The van der Waals surface area contributed by atoms with E-state index in [4.69, 9.17) is 9.15 Å². The normalized spacial score (nSPS) is 17.9. The predicted molar refractivity (Wildman–Crippen MR) is 119 cm³/mol. The van der Waals surface area contributed by atoms with Crippen molar-refractivity contribution in [2.45, 2.75) is 29.2 Å². The minimum absolute atomic E-state index is 0.0984. The Hall–Kier alpha value is -1.85. The molecule has 1 amide bonds. The van der Waals surface area contributed by atoms with Gasteiger partial charge in [-0.15, -0.1) is 11.8 Å². The Balaban J connectivity index is 1.53. The van der Waals surface area contributed by atoms with Gasteiger partial charge in [-0.2, -0.15) is 4.31 Å². The number of hydrogen-bond donors (Lipinski definition) is 1. The van der Waals surface area contributed by atoms with Crippen LogP contribution in [0.5, 0.6) is 0 Å². The van der Waals surface area contributed by atoms with E-state index in [-0.39, 0.29) is 17.3 Å². The summed E-state index contributed by atoms with van der Waals surface area (Å²) in [7, 11) is -3.77. The summed E-state index contributed by atoms with van der Waals surface area (Å²) in [5.74, 6) is 1.17. The number of morpholine rings is 1. The fraction of sp³-hybridized carbons (Fsp3) is 0.476. The monoisotopic (exact) mass is 465 g/mol. The first-order valence-corrected chi connectivity index (χ1v) is 12.8. The molecular formula is C21H27N3O5S2. The first-order valence-electron chi connectivity index (χ1n) is 10.4. The minimum Gasteiger partial charge on any atom is -0.468 e. The van der Waals surface area contributed by atoms with Crippen molar-refractivity contribution in [3.8, 4) is 0 Å². The Labute approximate surface area is 187 Å². The summed E-state index contributed by atoms with van der Waals surface area (Å²) in [6.07, 6.45) is 2.66. The molecule has 1 saturated heterocycles. The Morgan fingerprint density at radius 3 is 2.81 bits per heavy atom. The largest absolute Gasteiger partial charge is 0.468 e. The van der Waals surface area contributed by atoms with Crippen molar-refractivity contribution in [2.24, 2.45) is 0 Å². The lowest BCUT2D eigenvalue weighted by Crippen LogP contribution is -2.39. The molecular weight excluding hydrogens is 438 g/mol. The number of carbonyl (C=O) groups excluding carboxylic acids is 1. The van der Waals surface area contributed by atoms with Crippen molar-refractivity contribution >= 4 is 33.4 Å². The van der Waals surface area contributed by atoms with Gasteiger partial charge >= 0.3 is 0 Å². The van der Waals surface area contributed by atoms with Gasteiger partial charge < -0.3 is 14.5 Å². The van der Waals surface area contributed by atoms with Gasteiger partial charge in [-0.1, -0.05) is 0 Å². The number of nitrogens with one attached hydrogen (secondary N) is 1. The Morgan fingerprint density at radius 2 is 2.03 bits per heavy atom. The lowest BCUT2D eigenvalue weighted by Gasteiger charge is -2.28. The average Bonchev–Trinajstić information content (AvgIpc) is 3.20. The van der Waals surface area contributed by atoms with Gasteiger partial charge in [0.05, 0.1) is 36.6 Å². The van der Waals surface area contributed by atoms with Crippen molar-refractivity contribution in [1.29, 1.82) is 0 Å². The van der Waals surface area contributed by atoms with E-state index in [1.807, 2.05) is 0 Å². The topological polar surface area (TPSA) is 92.1 Å². The molecule has 0 aliphatic carbocycles. The smallest absolute Gasteiger partial charge is 0.243 e. The van der Waals surface area contributed by atoms with E-state index in [1.54, 1.807) is 48.4 Å². The van der Waals surface area contributed by atoms with E-state index in [2.05, 4.69) is 10.2 Å². The zero-order chi connectivity index (χ0) is 21.7. The van der Waals surface area contributed by atoms with E-state index >= 15 is 0 Å². The number of hydrogen-bond acceptors (Lipinski definition) is 7. The molecule has 0 radical (unpaired) electrons. The van der Waals surface area contributed by atoms with E-state index < -0.39 is 10.0 Å². The number of furan rings is 1. The van der Waals surface area contributed by atoms with Crippen LogP contribution in [0.2, 0.25) is 0 Å². The highest BCUT2D eigenvalue weighted by Crippen LogP contribution is 2.33. The molecule has 2 aliphatic heterocycles. The van der Waals surface area contributed by atoms with Crippen molar-refractivity contribution in [3.63, 3.8) is 0 Å². The Morgan fingerprint density at radius 1 is 1.19 bits per heavy atom. The van der Waals surface area contributed by atoms with Crippen molar-refractivity contribution in [2.75, 3.05) is 50.5 Å². The molecule has 0 unspecified atom stereocenters. The Bertz CT molecular complexity index is 988. The van der Waals surface area contributed by atoms with Crippen LogP contribution in [0.1, 0.15) is 18.6 Å². The first kappa shape index (κ1) is 22.3. The highest BCUT2D eigenvalue weighted by molar-refractivity contribution is 7.99. The lowest BCUT2D eigenvalue weighted by molar-refractivity contribution is -0.115. The summed E-state index contributed by atoms with van der Waals surface area (Å²) in [4.78, 5) is 15.3. The van der Waals surface area contributed by atoms with Crippen molar-refractivity contribution in [1.82, 2.24) is 9.21 Å². The van der Waals surface area contributed by atoms with Gasteiger partial charge in [-0.25, -0.2) is 8.42 Å². The van der Waals surface area contributed by atoms with Crippen LogP contribution in [0.3, 0.4) is 0 Å². The zero-order valence-corrected chi connectivity index (χ0v) is 18.9. The number of ether oxygens (including phenoxy) is 1. The van der Waals surface area contributed by atoms with Gasteiger partial charge in [0, 0.05) is 36.7 Å². The van der Waals surface area contributed by atoms with E-state index in [0.717, 1.165) is 24.5 Å². The van der Waals surface area contributed by atoms with E-state index in [9.17, 15) is 13.2 Å². The standard InChI is InChI=1S/C21H27N3O5S2/c25-21-6-14-30-20-5-4-18(15-19(20)22-21)31(26,27)24(16-17-3-1-11-29-17)8-2-7-23-9-12-28-13-10-23/h1,3-5,11,15H,2,6-10,12-14,16H2,(H,22,25). The summed E-state index contributed by atoms with van der Waals surface area (Å²) < 4.78 is 39.3. The number of rotatable bonds is 8. The highest BCUT2D eigenvalue weighted by Gasteiger charge is 2.27. The SMILES string of the molecule is O=C1CCSc2ccc(S(=O)(=O)N(CCCN3CCOCC3)Cc3ccco3)cc2N1. The molecule has 2 aliphatic rings. The number of thioether (sulfide) groups is 1. The van der Waals surface area contributed by atoms with E-state index in [1.165, 1.54) is 4.31 Å². The van der Waals surface area contributed by atoms with Crippen LogP contribution in [-0.2, 0) is 26.1 Å². The minimum atomic E-state index is -3.77. The van der Waals surface area contributed by atoms with Crippen LogP contribution < -0.4 is 5.32 Å². The summed E-state index contributed by atoms with van der Waals surface area (Å²) in [6.45, 7) is 4.51. The van der Waals surface area contributed by atoms with Gasteiger partial charge in [0.1, 0.15) is 5.76 Å². The van der Waals surface area contributed by atoms with Crippen LogP contribution >= 0.6 is 11.8 Å². The summed E-state index contributed by atoms with van der Waals surface area (Å²) in [5.41, 5.74) is 0.555. The maximum atomic E-state index is 13.5. The third-order valence-corrected chi connectivity index (χ3v) is 8.26. The number of nitrogens with zero attached hydrogens (tertiary/aromatic N) is 2. The molecule has 4 rings (SSSR count). The molecule has 168 valence electrons. The maximum Gasteiger partial charge on any atom is 0.243 e. The summed E-state index contributed by atoms with van der Waals surface area (Å²) in [5, 5.41) is 2.83. The number of benzene rings is 1. The predicted octanol–water partition coefficient (Wildman–Crippen LogP) is 2.63. The molecule has 3 heterocycles. The molecule has 1 aromatic carbocycles. The fourth-order valence-electron chi connectivity index (χ4n) is 3.66. The van der Waals surface area contributed by atoms with Crippen molar-refractivity contribution < 1.29 is 22.4 Å². The van der Waals surface area contributed by atoms with Crippen LogP contribution in [0.15, 0.2) is 50.8 Å². The second-order valence-electron chi connectivity index (χ2n) is 7.53. The summed E-state index contributed by atoms with van der Waals surface area (Å²) >= 11 is 1.55. The van der Waals surface area contributed by atoms with Gasteiger partial charge in [0.25, 0.3) is 0 Å².